The number of halogens is 1. The van der Waals surface area contributed by atoms with Crippen LogP contribution in [0.2, 0.25) is 0 Å². The summed E-state index contributed by atoms with van der Waals surface area (Å²) >= 11 is 1.70. The second kappa shape index (κ2) is 12.0. The van der Waals surface area contributed by atoms with Crippen LogP contribution in [-0.2, 0) is 17.8 Å². The minimum atomic E-state index is -0.0167. The Balaban J connectivity index is 0.00000364. The van der Waals surface area contributed by atoms with Crippen molar-refractivity contribution in [1.29, 1.82) is 0 Å². The van der Waals surface area contributed by atoms with Crippen molar-refractivity contribution in [1.82, 2.24) is 15.5 Å². The molecule has 7 heteroatoms. The molecule has 0 aliphatic heterocycles. The predicted octanol–water partition coefficient (Wildman–Crippen LogP) is 3.35. The van der Waals surface area contributed by atoms with Gasteiger partial charge in [0.1, 0.15) is 6.54 Å². The Hall–Kier alpha value is -1.61. The standard InChI is InChI=1S/C20H28N4OS.HI/c1-15-7-5-8-16(2)18(15)10-11-21-20(23-14-19(25)24(3)4)22-13-17-9-6-12-26-17;/h5-9,12H,10-11,13-14H2,1-4H3,(H2,21,22,23);1H. The Morgan fingerprint density at radius 2 is 1.81 bits per heavy atom. The largest absolute Gasteiger partial charge is 0.356 e. The van der Waals surface area contributed by atoms with E-state index < -0.39 is 0 Å². The van der Waals surface area contributed by atoms with Crippen LogP contribution in [0.3, 0.4) is 0 Å². The summed E-state index contributed by atoms with van der Waals surface area (Å²) in [6.45, 7) is 5.88. The average Bonchev–Trinajstić information content (AvgIpc) is 3.12. The summed E-state index contributed by atoms with van der Waals surface area (Å²) in [7, 11) is 3.48. The molecule has 1 aromatic carbocycles. The summed E-state index contributed by atoms with van der Waals surface area (Å²) in [5, 5.41) is 8.72. The van der Waals surface area contributed by atoms with Crippen molar-refractivity contribution in [3.63, 3.8) is 0 Å². The van der Waals surface area contributed by atoms with E-state index in [0.29, 0.717) is 12.5 Å². The van der Waals surface area contributed by atoms with Gasteiger partial charge < -0.3 is 15.5 Å². The minimum Gasteiger partial charge on any atom is -0.356 e. The van der Waals surface area contributed by atoms with Gasteiger partial charge in [-0.2, -0.15) is 0 Å². The molecule has 0 bridgehead atoms. The van der Waals surface area contributed by atoms with Crippen molar-refractivity contribution in [2.45, 2.75) is 26.8 Å². The summed E-state index contributed by atoms with van der Waals surface area (Å²) in [6, 6.07) is 10.5. The first kappa shape index (κ1) is 23.4. The molecular weight excluding hydrogens is 471 g/mol. The van der Waals surface area contributed by atoms with E-state index in [1.165, 1.54) is 21.6 Å². The molecule has 0 spiro atoms. The fourth-order valence-corrected chi connectivity index (χ4v) is 3.24. The average molecular weight is 500 g/mol. The number of carbonyl (C=O) groups excluding carboxylic acids is 1. The van der Waals surface area contributed by atoms with E-state index in [0.717, 1.165) is 13.0 Å². The molecule has 0 fully saturated rings. The van der Waals surface area contributed by atoms with Crippen molar-refractivity contribution in [3.05, 3.63) is 57.3 Å². The smallest absolute Gasteiger partial charge is 0.243 e. The first-order chi connectivity index (χ1) is 12.5. The number of thiophene rings is 1. The van der Waals surface area contributed by atoms with Gasteiger partial charge in [0.15, 0.2) is 5.96 Å². The molecule has 1 heterocycles. The summed E-state index contributed by atoms with van der Waals surface area (Å²) in [5.74, 6) is 0.650. The van der Waals surface area contributed by atoms with Crippen molar-refractivity contribution < 1.29 is 4.79 Å². The van der Waals surface area contributed by atoms with Gasteiger partial charge in [0, 0.05) is 25.5 Å². The molecule has 2 aromatic rings. The van der Waals surface area contributed by atoms with Gasteiger partial charge in [0.05, 0.1) is 6.54 Å². The number of nitrogens with zero attached hydrogens (tertiary/aromatic N) is 2. The second-order valence-electron chi connectivity index (χ2n) is 6.43. The number of nitrogens with one attached hydrogen (secondary N) is 2. The number of hydrogen-bond donors (Lipinski definition) is 2. The highest BCUT2D eigenvalue weighted by Gasteiger charge is 2.06. The normalized spacial score (nSPS) is 10.9. The van der Waals surface area contributed by atoms with Crippen LogP contribution in [0.4, 0.5) is 0 Å². The van der Waals surface area contributed by atoms with E-state index >= 15 is 0 Å². The number of amides is 1. The monoisotopic (exact) mass is 500 g/mol. The van der Waals surface area contributed by atoms with Crippen LogP contribution in [0, 0.1) is 13.8 Å². The Labute approximate surface area is 183 Å². The molecule has 1 amide bonds. The van der Waals surface area contributed by atoms with E-state index in [9.17, 15) is 4.79 Å². The van der Waals surface area contributed by atoms with Crippen LogP contribution in [0.25, 0.3) is 0 Å². The van der Waals surface area contributed by atoms with E-state index in [4.69, 9.17) is 0 Å². The number of rotatable bonds is 7. The zero-order valence-electron chi connectivity index (χ0n) is 16.4. The molecular formula is C20H29IN4OS. The molecule has 0 aliphatic rings. The van der Waals surface area contributed by atoms with Gasteiger partial charge in [-0.1, -0.05) is 24.3 Å². The van der Waals surface area contributed by atoms with Crippen LogP contribution in [-0.4, -0.2) is 44.0 Å². The number of benzene rings is 1. The quantitative estimate of drug-likeness (QED) is 0.349. The lowest BCUT2D eigenvalue weighted by atomic mass is 10.0. The fraction of sp³-hybridized carbons (Fsp3) is 0.400. The van der Waals surface area contributed by atoms with Crippen LogP contribution in [0.15, 0.2) is 40.7 Å². The van der Waals surface area contributed by atoms with Crippen molar-refractivity contribution in [2.75, 3.05) is 27.2 Å². The van der Waals surface area contributed by atoms with Gasteiger partial charge in [0.2, 0.25) is 5.91 Å². The molecule has 1 aromatic heterocycles. The lowest BCUT2D eigenvalue weighted by molar-refractivity contribution is -0.127. The number of hydrogen-bond acceptors (Lipinski definition) is 3. The number of guanidine groups is 1. The molecule has 0 unspecified atom stereocenters. The summed E-state index contributed by atoms with van der Waals surface area (Å²) in [4.78, 5) is 19.0. The lowest BCUT2D eigenvalue weighted by Crippen LogP contribution is -2.39. The molecule has 2 rings (SSSR count). The van der Waals surface area contributed by atoms with E-state index in [-0.39, 0.29) is 36.4 Å². The third kappa shape index (κ3) is 7.88. The zero-order chi connectivity index (χ0) is 18.9. The molecule has 0 saturated carbocycles. The van der Waals surface area contributed by atoms with E-state index in [1.807, 2.05) is 6.07 Å². The Morgan fingerprint density at radius 1 is 1.11 bits per heavy atom. The van der Waals surface area contributed by atoms with Gasteiger partial charge in [-0.15, -0.1) is 35.3 Å². The van der Waals surface area contributed by atoms with Gasteiger partial charge in [-0.05, 0) is 48.4 Å². The highest BCUT2D eigenvalue weighted by atomic mass is 127. The number of aryl methyl sites for hydroxylation is 2. The number of aliphatic imine (C=N–C) groups is 1. The second-order valence-corrected chi connectivity index (χ2v) is 7.47. The summed E-state index contributed by atoms with van der Waals surface area (Å²) in [5.41, 5.74) is 3.97. The maximum atomic E-state index is 11.8. The molecule has 0 saturated heterocycles. The molecule has 2 N–H and O–H groups in total. The first-order valence-corrected chi connectivity index (χ1v) is 9.65. The van der Waals surface area contributed by atoms with Gasteiger partial charge >= 0.3 is 0 Å². The van der Waals surface area contributed by atoms with Crippen molar-refractivity contribution in [3.8, 4) is 0 Å². The number of carbonyl (C=O) groups is 1. The van der Waals surface area contributed by atoms with E-state index in [2.05, 4.69) is 59.1 Å². The Kier molecular flexibility index (Phi) is 10.4. The van der Waals surface area contributed by atoms with E-state index in [1.54, 1.807) is 30.3 Å². The van der Waals surface area contributed by atoms with Gasteiger partial charge in [0.25, 0.3) is 0 Å². The lowest BCUT2D eigenvalue weighted by Gasteiger charge is -2.15. The Bertz CT molecular complexity index is 724. The van der Waals surface area contributed by atoms with Crippen LogP contribution < -0.4 is 10.6 Å². The van der Waals surface area contributed by atoms with Crippen LogP contribution in [0.1, 0.15) is 21.6 Å². The topological polar surface area (TPSA) is 56.7 Å². The highest BCUT2D eigenvalue weighted by molar-refractivity contribution is 14.0. The van der Waals surface area contributed by atoms with Crippen molar-refractivity contribution >= 4 is 47.2 Å². The molecule has 27 heavy (non-hydrogen) atoms. The third-order valence-electron chi connectivity index (χ3n) is 4.19. The van der Waals surface area contributed by atoms with Crippen molar-refractivity contribution in [2.24, 2.45) is 4.99 Å². The van der Waals surface area contributed by atoms with Gasteiger partial charge in [-0.25, -0.2) is 4.99 Å². The maximum Gasteiger partial charge on any atom is 0.243 e. The highest BCUT2D eigenvalue weighted by Crippen LogP contribution is 2.13. The number of likely N-dealkylation sites (N-methyl/N-ethyl adjacent to an activating group) is 1. The zero-order valence-corrected chi connectivity index (χ0v) is 19.6. The molecule has 0 radical (unpaired) electrons. The summed E-state index contributed by atoms with van der Waals surface area (Å²) in [6.07, 6.45) is 0.917. The molecule has 148 valence electrons. The Morgan fingerprint density at radius 3 is 2.41 bits per heavy atom. The SMILES string of the molecule is Cc1cccc(C)c1CCNC(=NCC(=O)N(C)C)NCc1cccs1.I. The first-order valence-electron chi connectivity index (χ1n) is 8.77. The van der Waals surface area contributed by atoms with Crippen LogP contribution in [0.5, 0.6) is 0 Å². The van der Waals surface area contributed by atoms with Gasteiger partial charge in [-0.3, -0.25) is 4.79 Å². The maximum absolute atomic E-state index is 11.8. The minimum absolute atomic E-state index is 0. The summed E-state index contributed by atoms with van der Waals surface area (Å²) < 4.78 is 0. The molecule has 0 aliphatic carbocycles. The predicted molar refractivity (Wildman–Crippen MR) is 125 cm³/mol. The van der Waals surface area contributed by atoms with Crippen LogP contribution >= 0.6 is 35.3 Å². The third-order valence-corrected chi connectivity index (χ3v) is 5.07. The molecule has 5 nitrogen and oxygen atoms in total. The molecule has 0 atom stereocenters. The fourth-order valence-electron chi connectivity index (χ4n) is 2.60.